The van der Waals surface area contributed by atoms with Crippen LogP contribution in [0.4, 0.5) is 0 Å². The Morgan fingerprint density at radius 1 is 1.19 bits per heavy atom. The van der Waals surface area contributed by atoms with Crippen molar-refractivity contribution in [2.24, 2.45) is 16.7 Å². The van der Waals surface area contributed by atoms with Crippen LogP contribution in [0.5, 0.6) is 0 Å². The predicted octanol–water partition coefficient (Wildman–Crippen LogP) is 5.42. The van der Waals surface area contributed by atoms with Crippen LogP contribution in [0.15, 0.2) is 36.0 Å². The zero-order valence-electron chi connectivity index (χ0n) is 14.5. The van der Waals surface area contributed by atoms with Gasteiger partial charge in [-0.3, -0.25) is 0 Å². The van der Waals surface area contributed by atoms with E-state index < -0.39 is 5.60 Å². The SMILES string of the molecule is C=C/C(C)=C/C=C1\[C@@](C)(O)CC[C@@H]2C(C)(C)CCC[C@@]12C. The average Bonchev–Trinajstić information content (AvgIpc) is 2.35. The molecule has 1 heteroatoms. The molecule has 0 aromatic heterocycles. The molecular weight excluding hydrogens is 256 g/mol. The van der Waals surface area contributed by atoms with Crippen molar-refractivity contribution in [2.45, 2.75) is 72.3 Å². The van der Waals surface area contributed by atoms with Crippen molar-refractivity contribution < 1.29 is 5.11 Å². The number of hydrogen-bond acceptors (Lipinski definition) is 1. The molecule has 2 rings (SSSR count). The summed E-state index contributed by atoms with van der Waals surface area (Å²) in [6, 6.07) is 0. The van der Waals surface area contributed by atoms with Crippen molar-refractivity contribution in [2.75, 3.05) is 0 Å². The summed E-state index contributed by atoms with van der Waals surface area (Å²) in [5.41, 5.74) is 2.22. The van der Waals surface area contributed by atoms with E-state index in [1.165, 1.54) is 24.8 Å². The van der Waals surface area contributed by atoms with E-state index >= 15 is 0 Å². The topological polar surface area (TPSA) is 20.2 Å². The molecule has 118 valence electrons. The van der Waals surface area contributed by atoms with Crippen LogP contribution in [-0.2, 0) is 0 Å². The van der Waals surface area contributed by atoms with Crippen molar-refractivity contribution >= 4 is 0 Å². The van der Waals surface area contributed by atoms with Gasteiger partial charge in [0.2, 0.25) is 0 Å². The molecule has 1 nitrogen and oxygen atoms in total. The zero-order valence-corrected chi connectivity index (χ0v) is 14.5. The van der Waals surface area contributed by atoms with Gasteiger partial charge in [0.1, 0.15) is 0 Å². The minimum atomic E-state index is -0.670. The summed E-state index contributed by atoms with van der Waals surface area (Å²) in [7, 11) is 0. The van der Waals surface area contributed by atoms with Crippen molar-refractivity contribution in [1.82, 2.24) is 0 Å². The van der Waals surface area contributed by atoms with E-state index in [0.29, 0.717) is 11.3 Å². The first-order valence-electron chi connectivity index (χ1n) is 8.38. The number of fused-ring (bicyclic) bond motifs is 1. The van der Waals surface area contributed by atoms with Crippen LogP contribution < -0.4 is 0 Å². The lowest BCUT2D eigenvalue weighted by Gasteiger charge is -2.58. The fourth-order valence-corrected chi connectivity index (χ4v) is 4.98. The molecule has 0 heterocycles. The fourth-order valence-electron chi connectivity index (χ4n) is 4.98. The normalized spacial score (nSPS) is 41.7. The largest absolute Gasteiger partial charge is 0.386 e. The van der Waals surface area contributed by atoms with Gasteiger partial charge in [0.25, 0.3) is 0 Å². The Balaban J connectivity index is 2.49. The third kappa shape index (κ3) is 2.90. The first-order chi connectivity index (χ1) is 9.63. The second kappa shape index (κ2) is 5.43. The molecule has 0 saturated heterocycles. The fraction of sp³-hybridized carbons (Fsp3) is 0.700. The summed E-state index contributed by atoms with van der Waals surface area (Å²) in [5.74, 6) is 0.669. The summed E-state index contributed by atoms with van der Waals surface area (Å²) >= 11 is 0. The quantitative estimate of drug-likeness (QED) is 0.672. The third-order valence-electron chi connectivity index (χ3n) is 6.18. The zero-order chi connectivity index (χ0) is 15.9. The lowest BCUT2D eigenvalue weighted by Crippen LogP contribution is -2.52. The Morgan fingerprint density at radius 3 is 2.48 bits per heavy atom. The molecule has 2 saturated carbocycles. The molecule has 2 fully saturated rings. The molecule has 3 atom stereocenters. The second-order valence-corrected chi connectivity index (χ2v) is 8.32. The molecule has 2 aliphatic carbocycles. The molecule has 0 aromatic carbocycles. The minimum absolute atomic E-state index is 0.126. The van der Waals surface area contributed by atoms with Crippen molar-refractivity contribution in [3.63, 3.8) is 0 Å². The summed E-state index contributed by atoms with van der Waals surface area (Å²) in [5, 5.41) is 11.0. The van der Waals surface area contributed by atoms with Gasteiger partial charge < -0.3 is 5.11 Å². The Hall–Kier alpha value is -0.820. The van der Waals surface area contributed by atoms with Gasteiger partial charge in [-0.1, -0.05) is 57.6 Å². The Kier molecular flexibility index (Phi) is 4.28. The first kappa shape index (κ1) is 16.5. The molecule has 2 aliphatic rings. The maximum atomic E-state index is 11.0. The summed E-state index contributed by atoms with van der Waals surface area (Å²) in [6.07, 6.45) is 12.0. The van der Waals surface area contributed by atoms with Gasteiger partial charge in [-0.05, 0) is 61.9 Å². The minimum Gasteiger partial charge on any atom is -0.386 e. The van der Waals surface area contributed by atoms with E-state index in [1.807, 2.05) is 13.0 Å². The highest BCUT2D eigenvalue weighted by Crippen LogP contribution is 2.61. The molecular formula is C20H32O. The molecule has 0 unspecified atom stereocenters. The number of aliphatic hydroxyl groups is 1. The molecule has 0 amide bonds. The molecule has 0 bridgehead atoms. The standard InChI is InChI=1S/C20H32O/c1-7-15(2)9-10-17-19(5)13-8-12-18(3,4)16(19)11-14-20(17,6)21/h7,9-10,16,21H,1,8,11-14H2,2-6H3/b15-9+,17-10-/t16-,19-,20+/m1/s1. The summed E-state index contributed by atoms with van der Waals surface area (Å²) < 4.78 is 0. The summed E-state index contributed by atoms with van der Waals surface area (Å²) in [4.78, 5) is 0. The molecule has 1 N–H and O–H groups in total. The molecule has 0 aromatic rings. The molecule has 21 heavy (non-hydrogen) atoms. The van der Waals surface area contributed by atoms with E-state index in [0.717, 1.165) is 18.4 Å². The van der Waals surface area contributed by atoms with E-state index in [4.69, 9.17) is 0 Å². The van der Waals surface area contributed by atoms with Crippen LogP contribution in [0.1, 0.15) is 66.7 Å². The van der Waals surface area contributed by atoms with Crippen LogP contribution >= 0.6 is 0 Å². The lowest BCUT2D eigenvalue weighted by atomic mass is 9.48. The van der Waals surface area contributed by atoms with Gasteiger partial charge in [-0.25, -0.2) is 0 Å². The highest BCUT2D eigenvalue weighted by molar-refractivity contribution is 5.34. The van der Waals surface area contributed by atoms with Gasteiger partial charge in [0.15, 0.2) is 0 Å². The lowest BCUT2D eigenvalue weighted by molar-refractivity contribution is -0.0604. The van der Waals surface area contributed by atoms with Gasteiger partial charge in [-0.15, -0.1) is 0 Å². The van der Waals surface area contributed by atoms with Crippen LogP contribution in [-0.4, -0.2) is 10.7 Å². The summed E-state index contributed by atoms with van der Waals surface area (Å²) in [6.45, 7) is 15.1. The van der Waals surface area contributed by atoms with Crippen LogP contribution in [0.2, 0.25) is 0 Å². The van der Waals surface area contributed by atoms with E-state index in [9.17, 15) is 5.11 Å². The highest BCUT2D eigenvalue weighted by Gasteiger charge is 2.54. The van der Waals surface area contributed by atoms with Crippen molar-refractivity contribution in [3.8, 4) is 0 Å². The Labute approximate surface area is 130 Å². The van der Waals surface area contributed by atoms with Crippen LogP contribution in [0, 0.1) is 16.7 Å². The smallest absolute Gasteiger partial charge is 0.0837 e. The van der Waals surface area contributed by atoms with Crippen molar-refractivity contribution in [1.29, 1.82) is 0 Å². The van der Waals surface area contributed by atoms with E-state index in [2.05, 4.69) is 46.4 Å². The number of rotatable bonds is 2. The highest BCUT2D eigenvalue weighted by atomic mass is 16.3. The molecule has 0 radical (unpaired) electrons. The second-order valence-electron chi connectivity index (χ2n) is 8.32. The Morgan fingerprint density at radius 2 is 1.86 bits per heavy atom. The van der Waals surface area contributed by atoms with Gasteiger partial charge in [-0.2, -0.15) is 0 Å². The molecule has 0 spiro atoms. The van der Waals surface area contributed by atoms with Gasteiger partial charge in [0, 0.05) is 0 Å². The van der Waals surface area contributed by atoms with Gasteiger partial charge in [0.05, 0.1) is 5.60 Å². The van der Waals surface area contributed by atoms with Crippen LogP contribution in [0.25, 0.3) is 0 Å². The average molecular weight is 288 g/mol. The van der Waals surface area contributed by atoms with E-state index in [1.54, 1.807) is 0 Å². The molecule has 0 aliphatic heterocycles. The maximum Gasteiger partial charge on any atom is 0.0837 e. The maximum absolute atomic E-state index is 11.0. The monoisotopic (exact) mass is 288 g/mol. The number of allylic oxidation sites excluding steroid dienone is 4. The Bertz CT molecular complexity index is 478. The number of hydrogen-bond donors (Lipinski definition) is 1. The third-order valence-corrected chi connectivity index (χ3v) is 6.18. The van der Waals surface area contributed by atoms with E-state index in [-0.39, 0.29) is 5.41 Å². The predicted molar refractivity (Wildman–Crippen MR) is 91.1 cm³/mol. The van der Waals surface area contributed by atoms with Gasteiger partial charge >= 0.3 is 0 Å². The van der Waals surface area contributed by atoms with Crippen molar-refractivity contribution in [3.05, 3.63) is 36.0 Å². The first-order valence-corrected chi connectivity index (χ1v) is 8.38. The van der Waals surface area contributed by atoms with Crippen LogP contribution in [0.3, 0.4) is 0 Å².